The van der Waals surface area contributed by atoms with Crippen LogP contribution in [-0.4, -0.2) is 64.8 Å². The Hall–Kier alpha value is -3.92. The van der Waals surface area contributed by atoms with Crippen LogP contribution in [0.3, 0.4) is 0 Å². The van der Waals surface area contributed by atoms with Gasteiger partial charge in [0.05, 0.1) is 12.1 Å². The molecule has 0 aliphatic heterocycles. The highest BCUT2D eigenvalue weighted by molar-refractivity contribution is 5.93. The van der Waals surface area contributed by atoms with E-state index in [1.165, 1.54) is 6.42 Å². The Kier molecular flexibility index (Phi) is 16.4. The minimum absolute atomic E-state index is 0.150. The van der Waals surface area contributed by atoms with Crippen LogP contribution in [0.25, 0.3) is 10.4 Å². The molecule has 1 aliphatic carbocycles. The van der Waals surface area contributed by atoms with Crippen molar-refractivity contribution in [3.05, 3.63) is 82.2 Å². The van der Waals surface area contributed by atoms with Gasteiger partial charge in [-0.2, -0.15) is 0 Å². The van der Waals surface area contributed by atoms with Gasteiger partial charge in [0.2, 0.25) is 17.7 Å². The van der Waals surface area contributed by atoms with Crippen molar-refractivity contribution < 1.29 is 24.6 Å². The predicted octanol–water partition coefficient (Wildman–Crippen LogP) is 5.00. The van der Waals surface area contributed by atoms with Crippen molar-refractivity contribution in [3.63, 3.8) is 0 Å². The van der Waals surface area contributed by atoms with Crippen LogP contribution in [0.1, 0.15) is 83.3 Å². The number of carbonyl (C=O) groups is 3. The van der Waals surface area contributed by atoms with Gasteiger partial charge in [-0.1, -0.05) is 119 Å². The smallest absolute Gasteiger partial charge is 0.243 e. The molecule has 0 unspecified atom stereocenters. The van der Waals surface area contributed by atoms with Crippen molar-refractivity contribution in [2.24, 2.45) is 22.9 Å². The van der Waals surface area contributed by atoms with E-state index in [1.54, 1.807) is 6.92 Å². The van der Waals surface area contributed by atoms with E-state index in [9.17, 15) is 30.1 Å². The number of aliphatic hydroxyl groups excluding tert-OH is 2. The number of nitrogens with one attached hydrogen (secondary N) is 3. The molecule has 2 aromatic rings. The van der Waals surface area contributed by atoms with Gasteiger partial charge in [-0.05, 0) is 54.2 Å². The van der Waals surface area contributed by atoms with Crippen LogP contribution in [0.5, 0.6) is 0 Å². The third kappa shape index (κ3) is 12.9. The molecule has 0 radical (unpaired) electrons. The van der Waals surface area contributed by atoms with Crippen LogP contribution in [-0.2, 0) is 27.2 Å². The first-order chi connectivity index (χ1) is 23.1. The molecule has 6 atom stereocenters. The molecule has 48 heavy (non-hydrogen) atoms. The second-order valence-electron chi connectivity index (χ2n) is 13.7. The van der Waals surface area contributed by atoms with Gasteiger partial charge in [0.15, 0.2) is 0 Å². The second kappa shape index (κ2) is 20.4. The lowest BCUT2D eigenvalue weighted by molar-refractivity contribution is -0.133. The van der Waals surface area contributed by atoms with Crippen LogP contribution >= 0.6 is 0 Å². The largest absolute Gasteiger partial charge is 0.396 e. The fourth-order valence-electron chi connectivity index (χ4n) is 6.41. The van der Waals surface area contributed by atoms with E-state index in [2.05, 4.69) is 26.0 Å². The molecule has 11 nitrogen and oxygen atoms in total. The Bertz CT molecular complexity index is 1310. The minimum Gasteiger partial charge on any atom is -0.396 e. The molecular weight excluding hydrogens is 608 g/mol. The number of benzene rings is 2. The number of hydrogen-bond acceptors (Lipinski definition) is 6. The van der Waals surface area contributed by atoms with E-state index in [0.29, 0.717) is 18.8 Å². The van der Waals surface area contributed by atoms with Crippen molar-refractivity contribution in [3.8, 4) is 0 Å². The lowest BCUT2D eigenvalue weighted by Gasteiger charge is -2.31. The number of carbonyl (C=O) groups excluding carboxylic acids is 3. The van der Waals surface area contributed by atoms with Gasteiger partial charge in [0.25, 0.3) is 0 Å². The van der Waals surface area contributed by atoms with Crippen molar-refractivity contribution >= 4 is 17.7 Å². The second-order valence-corrected chi connectivity index (χ2v) is 13.7. The van der Waals surface area contributed by atoms with Gasteiger partial charge in [-0.25, -0.2) is 0 Å². The number of rotatable bonds is 19. The molecule has 11 heteroatoms. The quantitative estimate of drug-likeness (QED) is 0.0807. The van der Waals surface area contributed by atoms with Crippen molar-refractivity contribution in [1.29, 1.82) is 0 Å². The predicted molar refractivity (Wildman–Crippen MR) is 187 cm³/mol. The number of hydrogen-bond donors (Lipinski definition) is 5. The van der Waals surface area contributed by atoms with Gasteiger partial charge >= 0.3 is 0 Å². The van der Waals surface area contributed by atoms with Gasteiger partial charge in [-0.3, -0.25) is 14.4 Å². The molecule has 5 N–H and O–H groups in total. The number of aliphatic hydroxyl groups is 2. The third-order valence-electron chi connectivity index (χ3n) is 9.24. The first kappa shape index (κ1) is 38.5. The summed E-state index contributed by atoms with van der Waals surface area (Å²) >= 11 is 0. The van der Waals surface area contributed by atoms with Crippen molar-refractivity contribution in [2.75, 3.05) is 6.61 Å². The summed E-state index contributed by atoms with van der Waals surface area (Å²) in [5.41, 5.74) is 10.9. The third-order valence-corrected chi connectivity index (χ3v) is 9.24. The summed E-state index contributed by atoms with van der Waals surface area (Å²) in [6, 6.07) is 14.9. The summed E-state index contributed by atoms with van der Waals surface area (Å²) in [5.74, 6) is -1.39. The molecule has 0 spiro atoms. The monoisotopic (exact) mass is 662 g/mol. The Morgan fingerprint density at radius 3 is 1.96 bits per heavy atom. The first-order valence-corrected chi connectivity index (χ1v) is 17.4. The Morgan fingerprint density at radius 1 is 0.833 bits per heavy atom. The lowest BCUT2D eigenvalue weighted by atomic mass is 9.85. The molecule has 1 aliphatic rings. The van der Waals surface area contributed by atoms with Crippen molar-refractivity contribution in [2.45, 2.75) is 115 Å². The molecule has 262 valence electrons. The Morgan fingerprint density at radius 2 is 1.40 bits per heavy atom. The maximum Gasteiger partial charge on any atom is 0.243 e. The molecule has 1 saturated carbocycles. The van der Waals surface area contributed by atoms with Crippen LogP contribution < -0.4 is 16.0 Å². The Labute approximate surface area is 284 Å². The van der Waals surface area contributed by atoms with Gasteiger partial charge in [-0.15, -0.1) is 0 Å². The van der Waals surface area contributed by atoms with E-state index in [1.807, 2.05) is 74.5 Å². The SMILES string of the molecule is CC(C)C[C@H](NC(=O)[C@H](Cc1ccccc1)NC(=O)[C@H](CCC1CCCCC1)NC(=O)[C@H](Cc1ccccc1)N=[N+]=[N-])[C@@H](O)[C@H](C)CO. The molecule has 0 aromatic heterocycles. The normalized spacial score (nSPS) is 17.2. The van der Waals surface area contributed by atoms with Crippen LogP contribution in [0.15, 0.2) is 65.8 Å². The van der Waals surface area contributed by atoms with E-state index < -0.39 is 53.9 Å². The number of azide groups is 1. The van der Waals surface area contributed by atoms with Crippen LogP contribution in [0.2, 0.25) is 0 Å². The lowest BCUT2D eigenvalue weighted by Crippen LogP contribution is -2.58. The van der Waals surface area contributed by atoms with Gasteiger partial charge < -0.3 is 26.2 Å². The minimum atomic E-state index is -1.06. The van der Waals surface area contributed by atoms with Crippen molar-refractivity contribution in [1.82, 2.24) is 16.0 Å². The van der Waals surface area contributed by atoms with Gasteiger partial charge in [0.1, 0.15) is 18.1 Å². The van der Waals surface area contributed by atoms with E-state index in [-0.39, 0.29) is 25.4 Å². The molecular formula is C37H54N6O5. The summed E-state index contributed by atoms with van der Waals surface area (Å²) in [6.45, 7) is 5.45. The first-order valence-electron chi connectivity index (χ1n) is 17.4. The zero-order valence-electron chi connectivity index (χ0n) is 28.6. The summed E-state index contributed by atoms with van der Waals surface area (Å²) < 4.78 is 0. The van der Waals surface area contributed by atoms with Crippen LogP contribution in [0, 0.1) is 17.8 Å². The summed E-state index contributed by atoms with van der Waals surface area (Å²) in [5, 5.41) is 33.1. The maximum absolute atomic E-state index is 14.1. The fourth-order valence-corrected chi connectivity index (χ4v) is 6.41. The number of nitrogens with zero attached hydrogens (tertiary/aromatic N) is 3. The molecule has 3 amide bonds. The standard InChI is InChI=1S/C37H54N6O5/c1-25(2)21-31(34(45)26(3)24-44)40-36(47)32(22-28-15-9-5-10-16-28)41-35(46)30(20-19-27-13-7-4-8-14-27)39-37(48)33(42-43-38)23-29-17-11-6-12-18-29/h5-6,9-12,15-18,25-27,30-34,44-45H,4,7-8,13-14,19-24H2,1-3H3,(H,39,48)(H,40,47)(H,41,46)/t26-,30+,31+,32+,33+,34+/m1/s1. The van der Waals surface area contributed by atoms with E-state index >= 15 is 0 Å². The molecule has 0 heterocycles. The summed E-state index contributed by atoms with van der Waals surface area (Å²) in [7, 11) is 0. The zero-order valence-corrected chi connectivity index (χ0v) is 28.6. The molecule has 2 aromatic carbocycles. The molecule has 3 rings (SSSR count). The fraction of sp³-hybridized carbons (Fsp3) is 0.595. The highest BCUT2D eigenvalue weighted by Crippen LogP contribution is 2.28. The van der Waals surface area contributed by atoms with E-state index in [0.717, 1.165) is 43.2 Å². The topological polar surface area (TPSA) is 177 Å². The summed E-state index contributed by atoms with van der Waals surface area (Å²) in [6.07, 6.45) is 6.60. The zero-order chi connectivity index (χ0) is 34.9. The van der Waals surface area contributed by atoms with Gasteiger partial charge in [0, 0.05) is 23.9 Å². The molecule has 1 fully saturated rings. The average Bonchev–Trinajstić information content (AvgIpc) is 3.09. The maximum atomic E-state index is 14.1. The van der Waals surface area contributed by atoms with Crippen LogP contribution in [0.4, 0.5) is 0 Å². The molecule has 0 bridgehead atoms. The highest BCUT2D eigenvalue weighted by atomic mass is 16.3. The number of amides is 3. The summed E-state index contributed by atoms with van der Waals surface area (Å²) in [4.78, 5) is 44.4. The molecule has 0 saturated heterocycles. The van der Waals surface area contributed by atoms with E-state index in [4.69, 9.17) is 0 Å². The average molecular weight is 663 g/mol. The Balaban J connectivity index is 1.85. The highest BCUT2D eigenvalue weighted by Gasteiger charge is 2.33.